The lowest BCUT2D eigenvalue weighted by Crippen LogP contribution is -2.33. The first-order valence-corrected chi connectivity index (χ1v) is 7.86. The van der Waals surface area contributed by atoms with Crippen molar-refractivity contribution in [3.05, 3.63) is 42.1 Å². The number of aryl methyl sites for hydroxylation is 1. The van der Waals surface area contributed by atoms with Crippen molar-refractivity contribution in [2.24, 2.45) is 0 Å². The number of nitrogens with zero attached hydrogens (tertiary/aromatic N) is 1. The molecule has 1 aliphatic heterocycles. The van der Waals surface area contributed by atoms with E-state index in [1.165, 1.54) is 0 Å². The van der Waals surface area contributed by atoms with Crippen LogP contribution in [0.25, 0.3) is 11.3 Å². The number of hydrogen-bond donors (Lipinski definition) is 2. The van der Waals surface area contributed by atoms with E-state index in [0.29, 0.717) is 19.4 Å². The Morgan fingerprint density at radius 3 is 2.78 bits per heavy atom. The minimum Gasteiger partial charge on any atom is -0.507 e. The Bertz CT molecular complexity index is 707. The van der Waals surface area contributed by atoms with Crippen molar-refractivity contribution in [3.8, 4) is 17.0 Å². The third-order valence-corrected chi connectivity index (χ3v) is 4.29. The molecule has 1 fully saturated rings. The quantitative estimate of drug-likeness (QED) is 0.851. The van der Waals surface area contributed by atoms with Gasteiger partial charge in [0.15, 0.2) is 0 Å². The monoisotopic (exact) mass is 315 g/mol. The summed E-state index contributed by atoms with van der Waals surface area (Å²) in [5.41, 5.74) is 2.79. The summed E-state index contributed by atoms with van der Waals surface area (Å²) in [5.74, 6) is -0.0923. The smallest absolute Gasteiger partial charge is 0.308 e. The van der Waals surface area contributed by atoms with Crippen LogP contribution in [0.4, 0.5) is 0 Å². The topological polar surface area (TPSA) is 71.7 Å². The van der Waals surface area contributed by atoms with Crippen LogP contribution in [-0.4, -0.2) is 33.0 Å². The number of aromatic hydroxyl groups is 1. The van der Waals surface area contributed by atoms with Gasteiger partial charge in [-0.2, -0.15) is 0 Å². The molecule has 5 nitrogen and oxygen atoms in total. The Balaban J connectivity index is 1.77. The van der Waals surface area contributed by atoms with Crippen molar-refractivity contribution in [2.75, 3.05) is 0 Å². The summed E-state index contributed by atoms with van der Waals surface area (Å²) in [7, 11) is 0. The molecule has 122 valence electrons. The first-order valence-electron chi connectivity index (χ1n) is 7.86. The Morgan fingerprint density at radius 1 is 1.26 bits per heavy atom. The predicted octanol–water partition coefficient (Wildman–Crippen LogP) is 2.63. The molecule has 1 aromatic carbocycles. The molecule has 2 atom stereocenters. The fourth-order valence-electron chi connectivity index (χ4n) is 3.10. The van der Waals surface area contributed by atoms with Gasteiger partial charge in [0.25, 0.3) is 0 Å². The van der Waals surface area contributed by atoms with Gasteiger partial charge in [-0.1, -0.05) is 12.1 Å². The highest BCUT2D eigenvalue weighted by Crippen LogP contribution is 2.31. The van der Waals surface area contributed by atoms with Crippen LogP contribution in [0.1, 0.15) is 25.0 Å². The second kappa shape index (κ2) is 6.46. The van der Waals surface area contributed by atoms with E-state index in [1.54, 1.807) is 12.1 Å². The number of carbonyl (C=O) groups is 1. The highest BCUT2D eigenvalue weighted by atomic mass is 16.5. The third kappa shape index (κ3) is 3.40. The van der Waals surface area contributed by atoms with E-state index < -0.39 is 6.10 Å². The molecule has 0 unspecified atom stereocenters. The fourth-order valence-corrected chi connectivity index (χ4v) is 3.10. The molecule has 0 radical (unpaired) electrons. The lowest BCUT2D eigenvalue weighted by Gasteiger charge is -2.26. The Kier molecular flexibility index (Phi) is 4.39. The normalized spacial score (nSPS) is 21.2. The van der Waals surface area contributed by atoms with Gasteiger partial charge in [-0.05, 0) is 31.2 Å². The number of aliphatic hydroxyl groups is 1. The number of carbonyl (C=O) groups excluding carboxylic acids is 1. The average Bonchev–Trinajstić information content (AvgIpc) is 2.85. The molecule has 2 heterocycles. The van der Waals surface area contributed by atoms with Crippen molar-refractivity contribution in [1.82, 2.24) is 4.57 Å². The van der Waals surface area contributed by atoms with Crippen LogP contribution < -0.4 is 0 Å². The van der Waals surface area contributed by atoms with E-state index in [2.05, 4.69) is 4.57 Å². The maximum atomic E-state index is 11.4. The zero-order chi connectivity index (χ0) is 16.4. The summed E-state index contributed by atoms with van der Waals surface area (Å²) < 4.78 is 7.40. The summed E-state index contributed by atoms with van der Waals surface area (Å²) in [6, 6.07) is 11.2. The second-order valence-corrected chi connectivity index (χ2v) is 6.02. The van der Waals surface area contributed by atoms with Gasteiger partial charge in [-0.3, -0.25) is 4.79 Å². The minimum atomic E-state index is -0.607. The zero-order valence-corrected chi connectivity index (χ0v) is 13.1. The molecule has 0 aliphatic carbocycles. The predicted molar refractivity (Wildman–Crippen MR) is 86.0 cm³/mol. The molecule has 2 aromatic rings. The molecule has 1 aromatic heterocycles. The van der Waals surface area contributed by atoms with Gasteiger partial charge in [-0.25, -0.2) is 0 Å². The number of aromatic nitrogens is 1. The van der Waals surface area contributed by atoms with E-state index in [-0.39, 0.29) is 24.2 Å². The highest BCUT2D eigenvalue weighted by molar-refractivity contribution is 5.71. The first kappa shape index (κ1) is 15.6. The summed E-state index contributed by atoms with van der Waals surface area (Å²) in [6.45, 7) is 2.67. The van der Waals surface area contributed by atoms with Crippen LogP contribution in [0, 0.1) is 6.92 Å². The van der Waals surface area contributed by atoms with Crippen LogP contribution in [0.5, 0.6) is 5.75 Å². The number of esters is 1. The van der Waals surface area contributed by atoms with E-state index in [0.717, 1.165) is 17.0 Å². The van der Waals surface area contributed by atoms with Gasteiger partial charge in [0, 0.05) is 30.6 Å². The molecule has 1 saturated heterocycles. The zero-order valence-electron chi connectivity index (χ0n) is 13.1. The first-order chi connectivity index (χ1) is 11.0. The largest absolute Gasteiger partial charge is 0.507 e. The number of hydrogen-bond acceptors (Lipinski definition) is 4. The summed E-state index contributed by atoms with van der Waals surface area (Å²) in [4.78, 5) is 11.4. The Hall–Kier alpha value is -2.27. The van der Waals surface area contributed by atoms with E-state index >= 15 is 0 Å². The summed E-state index contributed by atoms with van der Waals surface area (Å²) >= 11 is 0. The average molecular weight is 315 g/mol. The van der Waals surface area contributed by atoms with E-state index in [1.807, 2.05) is 31.2 Å². The van der Waals surface area contributed by atoms with E-state index in [9.17, 15) is 15.0 Å². The number of phenols is 1. The molecule has 5 heteroatoms. The van der Waals surface area contributed by atoms with Gasteiger partial charge in [0.1, 0.15) is 11.9 Å². The second-order valence-electron chi connectivity index (χ2n) is 6.02. The molecule has 3 rings (SSSR count). The van der Waals surface area contributed by atoms with Crippen molar-refractivity contribution in [3.63, 3.8) is 0 Å². The molecule has 0 bridgehead atoms. The Morgan fingerprint density at radius 2 is 2.04 bits per heavy atom. The van der Waals surface area contributed by atoms with Crippen molar-refractivity contribution >= 4 is 5.97 Å². The van der Waals surface area contributed by atoms with Gasteiger partial charge in [0.05, 0.1) is 18.2 Å². The maximum Gasteiger partial charge on any atom is 0.308 e. The Labute approximate surface area is 135 Å². The van der Waals surface area contributed by atoms with E-state index in [4.69, 9.17) is 4.74 Å². The maximum absolute atomic E-state index is 11.4. The number of ether oxygens (including phenoxy) is 1. The molecule has 0 spiro atoms. The molecule has 0 saturated carbocycles. The SMILES string of the molecule is Cc1ccc(-c2ccccc2O)n1CC[C@@H]1C[C@@H](O)CC(=O)O1. The highest BCUT2D eigenvalue weighted by Gasteiger charge is 2.27. The number of benzene rings is 1. The van der Waals surface area contributed by atoms with Crippen LogP contribution in [0.3, 0.4) is 0 Å². The van der Waals surface area contributed by atoms with Gasteiger partial charge >= 0.3 is 5.97 Å². The molecular formula is C18H21NO4. The minimum absolute atomic E-state index is 0.0855. The standard InChI is InChI=1S/C18H21NO4/c1-12-6-7-16(15-4-2-3-5-17(15)21)19(12)9-8-14-10-13(20)11-18(22)23-14/h2-7,13-14,20-21H,8-11H2,1H3/t13-,14-/m1/s1. The fraction of sp³-hybridized carbons (Fsp3) is 0.389. The number of phenolic OH excluding ortho intramolecular Hbond substituents is 1. The number of rotatable bonds is 4. The van der Waals surface area contributed by atoms with Crippen molar-refractivity contribution in [1.29, 1.82) is 0 Å². The van der Waals surface area contributed by atoms with Crippen LogP contribution in [0.15, 0.2) is 36.4 Å². The van der Waals surface area contributed by atoms with Crippen LogP contribution in [0.2, 0.25) is 0 Å². The van der Waals surface area contributed by atoms with Crippen molar-refractivity contribution < 1.29 is 19.7 Å². The number of aliphatic hydroxyl groups excluding tert-OH is 1. The van der Waals surface area contributed by atoms with Crippen LogP contribution in [-0.2, 0) is 16.1 Å². The lowest BCUT2D eigenvalue weighted by atomic mass is 10.0. The summed E-state index contributed by atoms with van der Waals surface area (Å²) in [6.07, 6.45) is 0.342. The van der Waals surface area contributed by atoms with Gasteiger partial charge in [0.2, 0.25) is 0 Å². The third-order valence-electron chi connectivity index (χ3n) is 4.29. The summed E-state index contributed by atoms with van der Waals surface area (Å²) in [5, 5.41) is 19.8. The molecular weight excluding hydrogens is 294 g/mol. The van der Waals surface area contributed by atoms with Crippen LogP contribution >= 0.6 is 0 Å². The molecule has 2 N–H and O–H groups in total. The number of para-hydroxylation sites is 1. The molecule has 0 amide bonds. The van der Waals surface area contributed by atoms with Gasteiger partial charge < -0.3 is 19.5 Å². The molecule has 23 heavy (non-hydrogen) atoms. The molecule has 1 aliphatic rings. The number of cyclic esters (lactones) is 1. The lowest BCUT2D eigenvalue weighted by molar-refractivity contribution is -0.160. The van der Waals surface area contributed by atoms with Crippen molar-refractivity contribution in [2.45, 2.75) is 44.9 Å². The van der Waals surface area contributed by atoms with Gasteiger partial charge in [-0.15, -0.1) is 0 Å².